The molecule has 4 nitrogen and oxygen atoms in total. The van der Waals surface area contributed by atoms with Crippen LogP contribution in [0.15, 0.2) is 22.8 Å². The first-order chi connectivity index (χ1) is 7.61. The molecule has 0 aliphatic heterocycles. The molecule has 84 valence electrons. The van der Waals surface area contributed by atoms with E-state index < -0.39 is 0 Å². The second-order valence-electron chi connectivity index (χ2n) is 3.37. The van der Waals surface area contributed by atoms with Crippen LogP contribution in [0.3, 0.4) is 0 Å². The average Bonchev–Trinajstić information content (AvgIpc) is 2.71. The van der Waals surface area contributed by atoms with Gasteiger partial charge in [0.05, 0.1) is 18.5 Å². The summed E-state index contributed by atoms with van der Waals surface area (Å²) in [7, 11) is 0. The summed E-state index contributed by atoms with van der Waals surface area (Å²) < 4.78 is 2.45. The lowest BCUT2D eigenvalue weighted by Crippen LogP contribution is -1.97. The molecule has 1 aromatic carbocycles. The number of aliphatic hydroxyl groups excluding tert-OH is 1. The molecule has 1 aromatic heterocycles. The van der Waals surface area contributed by atoms with Crippen LogP contribution in [0, 0.1) is 6.92 Å². The first-order valence-electron chi connectivity index (χ1n) is 4.60. The van der Waals surface area contributed by atoms with Crippen molar-refractivity contribution in [3.8, 4) is 5.69 Å². The van der Waals surface area contributed by atoms with Crippen LogP contribution >= 0.6 is 27.5 Å². The molecule has 0 aliphatic carbocycles. The molecule has 0 unspecified atom stereocenters. The largest absolute Gasteiger partial charge is 0.390 e. The van der Waals surface area contributed by atoms with E-state index in [0.29, 0.717) is 10.7 Å². The second-order valence-corrected chi connectivity index (χ2v) is 4.63. The normalized spacial score (nSPS) is 10.8. The fourth-order valence-corrected chi connectivity index (χ4v) is 2.10. The van der Waals surface area contributed by atoms with Gasteiger partial charge < -0.3 is 5.11 Å². The van der Waals surface area contributed by atoms with E-state index in [1.165, 1.54) is 0 Å². The van der Waals surface area contributed by atoms with E-state index in [4.69, 9.17) is 16.7 Å². The summed E-state index contributed by atoms with van der Waals surface area (Å²) in [6, 6.07) is 3.72. The molecule has 0 atom stereocenters. The fourth-order valence-electron chi connectivity index (χ4n) is 1.30. The number of aryl methyl sites for hydroxylation is 1. The van der Waals surface area contributed by atoms with Gasteiger partial charge in [-0.1, -0.05) is 16.8 Å². The van der Waals surface area contributed by atoms with Gasteiger partial charge in [-0.2, -0.15) is 0 Å². The van der Waals surface area contributed by atoms with Gasteiger partial charge in [0.25, 0.3) is 0 Å². The Morgan fingerprint density at radius 3 is 2.88 bits per heavy atom. The number of hydrogen-bond donors (Lipinski definition) is 1. The van der Waals surface area contributed by atoms with Crippen LogP contribution in [0.5, 0.6) is 0 Å². The zero-order chi connectivity index (χ0) is 11.7. The summed E-state index contributed by atoms with van der Waals surface area (Å²) in [4.78, 5) is 0. The smallest absolute Gasteiger partial charge is 0.109 e. The van der Waals surface area contributed by atoms with Crippen molar-refractivity contribution < 1.29 is 5.11 Å². The van der Waals surface area contributed by atoms with Crippen molar-refractivity contribution in [3.63, 3.8) is 0 Å². The van der Waals surface area contributed by atoms with Crippen LogP contribution in [0.2, 0.25) is 5.02 Å². The molecule has 2 aromatic rings. The van der Waals surface area contributed by atoms with Crippen molar-refractivity contribution in [2.75, 3.05) is 0 Å². The molecular formula is C10H9BrClN3O. The highest BCUT2D eigenvalue weighted by atomic mass is 79.9. The summed E-state index contributed by atoms with van der Waals surface area (Å²) in [6.07, 6.45) is 1.66. The van der Waals surface area contributed by atoms with Crippen LogP contribution in [0.4, 0.5) is 0 Å². The quantitative estimate of drug-likeness (QED) is 0.927. The summed E-state index contributed by atoms with van der Waals surface area (Å²) >= 11 is 9.48. The number of aliphatic hydroxyl groups is 1. The average molecular weight is 303 g/mol. The topological polar surface area (TPSA) is 50.9 Å². The van der Waals surface area contributed by atoms with Gasteiger partial charge in [-0.3, -0.25) is 0 Å². The molecule has 0 amide bonds. The summed E-state index contributed by atoms with van der Waals surface area (Å²) in [5, 5.41) is 17.3. The van der Waals surface area contributed by atoms with E-state index in [2.05, 4.69) is 26.2 Å². The molecule has 6 heteroatoms. The maximum Gasteiger partial charge on any atom is 0.109 e. The Hall–Kier alpha value is -0.910. The van der Waals surface area contributed by atoms with Gasteiger partial charge in [-0.15, -0.1) is 5.10 Å². The highest BCUT2D eigenvalue weighted by Gasteiger charge is 2.08. The molecule has 0 radical (unpaired) electrons. The lowest BCUT2D eigenvalue weighted by Gasteiger charge is -2.06. The van der Waals surface area contributed by atoms with Gasteiger partial charge in [0, 0.05) is 9.50 Å². The zero-order valence-corrected chi connectivity index (χ0v) is 10.8. The molecule has 1 N–H and O–H groups in total. The third-order valence-electron chi connectivity index (χ3n) is 2.18. The third kappa shape index (κ3) is 2.11. The van der Waals surface area contributed by atoms with Gasteiger partial charge in [0.2, 0.25) is 0 Å². The first-order valence-corrected chi connectivity index (χ1v) is 5.77. The predicted octanol–water partition coefficient (Wildman–Crippen LogP) is 2.48. The third-order valence-corrected chi connectivity index (χ3v) is 3.22. The van der Waals surface area contributed by atoms with Gasteiger partial charge in [-0.05, 0) is 40.5 Å². The minimum absolute atomic E-state index is 0.128. The van der Waals surface area contributed by atoms with Crippen LogP contribution in [0.1, 0.15) is 11.3 Å². The Morgan fingerprint density at radius 1 is 1.50 bits per heavy atom. The number of rotatable bonds is 2. The molecule has 0 saturated heterocycles. The minimum atomic E-state index is -0.128. The molecule has 0 spiro atoms. The highest BCUT2D eigenvalue weighted by Crippen LogP contribution is 2.27. The van der Waals surface area contributed by atoms with Crippen molar-refractivity contribution in [1.82, 2.24) is 15.0 Å². The van der Waals surface area contributed by atoms with Crippen molar-refractivity contribution in [2.24, 2.45) is 0 Å². The molecule has 0 fully saturated rings. The van der Waals surface area contributed by atoms with E-state index in [-0.39, 0.29) is 6.61 Å². The summed E-state index contributed by atoms with van der Waals surface area (Å²) in [5.41, 5.74) is 2.30. The van der Waals surface area contributed by atoms with E-state index in [1.807, 2.05) is 13.0 Å². The van der Waals surface area contributed by atoms with Crippen molar-refractivity contribution >= 4 is 27.5 Å². The van der Waals surface area contributed by atoms with Gasteiger partial charge in [0.1, 0.15) is 5.69 Å². The molecule has 16 heavy (non-hydrogen) atoms. The van der Waals surface area contributed by atoms with Gasteiger partial charge in [-0.25, -0.2) is 4.68 Å². The lowest BCUT2D eigenvalue weighted by molar-refractivity contribution is 0.276. The fraction of sp³-hybridized carbons (Fsp3) is 0.200. The minimum Gasteiger partial charge on any atom is -0.390 e. The molecule has 0 aliphatic rings. The van der Waals surface area contributed by atoms with Crippen molar-refractivity contribution in [3.05, 3.63) is 39.1 Å². The van der Waals surface area contributed by atoms with E-state index >= 15 is 0 Å². The number of aromatic nitrogens is 3. The Balaban J connectivity index is 2.51. The summed E-state index contributed by atoms with van der Waals surface area (Å²) in [5.74, 6) is 0. The molecular weight excluding hydrogens is 293 g/mol. The van der Waals surface area contributed by atoms with Crippen LogP contribution in [-0.2, 0) is 6.61 Å². The molecule has 1 heterocycles. The second kappa shape index (κ2) is 4.53. The summed E-state index contributed by atoms with van der Waals surface area (Å²) in [6.45, 7) is 1.80. The van der Waals surface area contributed by atoms with E-state index in [0.717, 1.165) is 15.7 Å². The van der Waals surface area contributed by atoms with Crippen LogP contribution < -0.4 is 0 Å². The van der Waals surface area contributed by atoms with Crippen LogP contribution in [-0.4, -0.2) is 20.1 Å². The van der Waals surface area contributed by atoms with Crippen molar-refractivity contribution in [2.45, 2.75) is 13.5 Å². The van der Waals surface area contributed by atoms with Gasteiger partial charge in [0.15, 0.2) is 0 Å². The molecule has 2 rings (SSSR count). The van der Waals surface area contributed by atoms with E-state index in [9.17, 15) is 0 Å². The van der Waals surface area contributed by atoms with Gasteiger partial charge >= 0.3 is 0 Å². The molecule has 0 bridgehead atoms. The first kappa shape index (κ1) is 11.6. The van der Waals surface area contributed by atoms with Crippen LogP contribution in [0.25, 0.3) is 5.69 Å². The lowest BCUT2D eigenvalue weighted by atomic mass is 10.2. The zero-order valence-electron chi connectivity index (χ0n) is 8.48. The number of benzene rings is 1. The maximum absolute atomic E-state index is 8.91. The Bertz CT molecular complexity index is 527. The SMILES string of the molecule is Cc1cc(Br)c(-n2cc(CO)nn2)cc1Cl. The van der Waals surface area contributed by atoms with Crippen molar-refractivity contribution in [1.29, 1.82) is 0 Å². The number of nitrogens with zero attached hydrogens (tertiary/aromatic N) is 3. The highest BCUT2D eigenvalue weighted by molar-refractivity contribution is 9.10. The Kier molecular flexibility index (Phi) is 3.28. The monoisotopic (exact) mass is 301 g/mol. The Labute approximate surface area is 106 Å². The molecule has 0 saturated carbocycles. The Morgan fingerprint density at radius 2 is 2.25 bits per heavy atom. The number of hydrogen-bond acceptors (Lipinski definition) is 3. The standard InChI is InChI=1S/C10H9BrClN3O/c1-6-2-8(11)10(3-9(6)12)15-4-7(5-16)13-14-15/h2-4,16H,5H2,1H3. The maximum atomic E-state index is 8.91. The van der Waals surface area contributed by atoms with E-state index in [1.54, 1.807) is 16.9 Å². The predicted molar refractivity (Wildman–Crippen MR) is 64.7 cm³/mol. The number of halogens is 2.